The molecule has 1 fully saturated rings. The first-order chi connectivity index (χ1) is 24.9. The lowest BCUT2D eigenvalue weighted by Gasteiger charge is -2.44. The molecule has 3 aliphatic rings. The van der Waals surface area contributed by atoms with Gasteiger partial charge in [-0.3, -0.25) is 19.2 Å². The Labute approximate surface area is 308 Å². The highest BCUT2D eigenvalue weighted by atomic mass is 16.7. The van der Waals surface area contributed by atoms with E-state index >= 15 is 0 Å². The van der Waals surface area contributed by atoms with Crippen LogP contribution in [-0.4, -0.2) is 85.6 Å². The number of carbonyl (C=O) groups is 5. The first-order valence-corrected chi connectivity index (χ1v) is 17.3. The van der Waals surface area contributed by atoms with Crippen molar-refractivity contribution in [3.63, 3.8) is 0 Å². The molecule has 0 aromatic heterocycles. The van der Waals surface area contributed by atoms with E-state index in [9.17, 15) is 29.1 Å². The lowest BCUT2D eigenvalue weighted by atomic mass is 9.77. The van der Waals surface area contributed by atoms with E-state index in [4.69, 9.17) is 38.9 Å². The summed E-state index contributed by atoms with van der Waals surface area (Å²) >= 11 is 0. The molecule has 3 N–H and O–H groups in total. The molecule has 14 heteroatoms. The number of methoxy groups -OCH3 is 2. The highest BCUT2D eigenvalue weighted by molar-refractivity contribution is 6.30. The second-order valence-corrected chi connectivity index (χ2v) is 13.9. The van der Waals surface area contributed by atoms with Crippen molar-refractivity contribution in [1.82, 2.24) is 0 Å². The minimum Gasteiger partial charge on any atom is -0.507 e. The summed E-state index contributed by atoms with van der Waals surface area (Å²) < 4.78 is 40.3. The Morgan fingerprint density at radius 2 is 1.70 bits per heavy atom. The molecule has 1 aromatic carbocycles. The van der Waals surface area contributed by atoms with Gasteiger partial charge in [-0.25, -0.2) is 4.79 Å². The minimum absolute atomic E-state index is 0.0285. The van der Waals surface area contributed by atoms with Gasteiger partial charge in [-0.05, 0) is 19.9 Å². The van der Waals surface area contributed by atoms with Crippen LogP contribution in [0.1, 0.15) is 85.1 Å². The first kappa shape index (κ1) is 41.0. The van der Waals surface area contributed by atoms with Crippen LogP contribution in [0.2, 0.25) is 0 Å². The van der Waals surface area contributed by atoms with Gasteiger partial charge in [-0.15, -0.1) is 0 Å². The molecule has 14 nitrogen and oxygen atoms in total. The van der Waals surface area contributed by atoms with Gasteiger partial charge in [0.05, 0.1) is 54.1 Å². The van der Waals surface area contributed by atoms with Gasteiger partial charge in [0.1, 0.15) is 24.4 Å². The zero-order chi connectivity index (χ0) is 39.5. The summed E-state index contributed by atoms with van der Waals surface area (Å²) in [6, 6.07) is 0. The third-order valence-corrected chi connectivity index (χ3v) is 10.2. The van der Waals surface area contributed by atoms with E-state index in [1.807, 2.05) is 33.8 Å². The zero-order valence-corrected chi connectivity index (χ0v) is 31.7. The normalized spacial score (nSPS) is 25.9. The number of fused-ring (bicyclic) bond motifs is 3. The van der Waals surface area contributed by atoms with Crippen molar-refractivity contribution in [2.45, 2.75) is 85.6 Å². The van der Waals surface area contributed by atoms with Crippen molar-refractivity contribution in [2.75, 3.05) is 21.0 Å². The SMILES string of the molecule is COC(=O)/C(C)=C\C=C\C(C)C1OCOC(C(C)C(OC(C)=O)C(C)C(/C=C/OC2(C)Oc3c(C)c(O)c4c(c3C2=O)C(=O)C=C(N)C4=O)OC)C1C. The quantitative estimate of drug-likeness (QED) is 0.123. The van der Waals surface area contributed by atoms with Gasteiger partial charge in [0.2, 0.25) is 5.78 Å². The predicted molar refractivity (Wildman–Crippen MR) is 190 cm³/mol. The Kier molecular flexibility index (Phi) is 12.7. The predicted octanol–water partition coefficient (Wildman–Crippen LogP) is 4.65. The molecule has 2 aliphatic heterocycles. The molecule has 9 atom stereocenters. The number of benzene rings is 1. The molecule has 9 unspecified atom stereocenters. The topological polar surface area (TPSA) is 196 Å². The lowest BCUT2D eigenvalue weighted by Crippen LogP contribution is -2.51. The Balaban J connectivity index is 1.52. The van der Waals surface area contributed by atoms with Crippen molar-refractivity contribution < 1.29 is 62.2 Å². The van der Waals surface area contributed by atoms with Crippen LogP contribution in [0.5, 0.6) is 11.5 Å². The van der Waals surface area contributed by atoms with Crippen LogP contribution < -0.4 is 10.5 Å². The fraction of sp³-hybridized carbons (Fsp3) is 0.513. The maximum atomic E-state index is 13.8. The van der Waals surface area contributed by atoms with Gasteiger partial charge in [0.25, 0.3) is 5.78 Å². The summed E-state index contributed by atoms with van der Waals surface area (Å²) in [5.41, 5.74) is 5.04. The van der Waals surface area contributed by atoms with Crippen LogP contribution in [0.4, 0.5) is 0 Å². The average Bonchev–Trinajstić information content (AvgIpc) is 3.38. The zero-order valence-electron chi connectivity index (χ0n) is 31.7. The highest BCUT2D eigenvalue weighted by Gasteiger charge is 2.51. The Morgan fingerprint density at radius 3 is 2.32 bits per heavy atom. The van der Waals surface area contributed by atoms with E-state index in [-0.39, 0.29) is 70.5 Å². The molecule has 53 heavy (non-hydrogen) atoms. The number of phenols is 1. The summed E-state index contributed by atoms with van der Waals surface area (Å²) in [7, 11) is 2.80. The number of Topliss-reactive ketones (excluding diaryl/α,β-unsaturated/α-hetero) is 2. The highest BCUT2D eigenvalue weighted by Crippen LogP contribution is 2.47. The summed E-state index contributed by atoms with van der Waals surface area (Å²) in [6.45, 7) is 13.6. The summed E-state index contributed by atoms with van der Waals surface area (Å²) in [5.74, 6) is -6.69. The molecule has 0 amide bonds. The molecule has 0 radical (unpaired) electrons. The van der Waals surface area contributed by atoms with Crippen LogP contribution >= 0.6 is 0 Å². The molecule has 1 aromatic rings. The Hall–Kier alpha value is -4.79. The standard InChI is InChI=1S/C39H49NO13/c1-18(12-11-13-19(2)38(46)48-10)33-22(5)34(50-17-49-33)23(6)35(52-24(7)41)20(3)27(47-9)14-15-51-39(8)37(45)30-28-26(42)16-25(40)32(44)29(28)31(43)21(4)36(30)53-39/h11-16,18,20,22-23,27,33-35,43H,17,40H2,1-10H3/b12-11+,15-14+,19-13-. The van der Waals surface area contributed by atoms with Gasteiger partial charge in [-0.1, -0.05) is 45.9 Å². The van der Waals surface area contributed by atoms with Crippen molar-refractivity contribution in [2.24, 2.45) is 29.4 Å². The summed E-state index contributed by atoms with van der Waals surface area (Å²) in [6.07, 6.45) is 7.07. The molecular weight excluding hydrogens is 690 g/mol. The monoisotopic (exact) mass is 739 g/mol. The molecule has 0 saturated carbocycles. The third kappa shape index (κ3) is 8.09. The number of hydrogen-bond donors (Lipinski definition) is 2. The lowest BCUT2D eigenvalue weighted by molar-refractivity contribution is -0.236. The van der Waals surface area contributed by atoms with Crippen LogP contribution in [0.25, 0.3) is 0 Å². The number of rotatable bonds is 13. The number of hydrogen-bond acceptors (Lipinski definition) is 14. The van der Waals surface area contributed by atoms with Crippen molar-refractivity contribution in [3.05, 3.63) is 70.2 Å². The van der Waals surface area contributed by atoms with Crippen LogP contribution in [0.3, 0.4) is 0 Å². The van der Waals surface area contributed by atoms with E-state index < -0.39 is 59.0 Å². The molecule has 2 heterocycles. The molecular formula is C39H49NO13. The maximum absolute atomic E-state index is 13.8. The Bertz CT molecular complexity index is 1770. The van der Waals surface area contributed by atoms with Gasteiger partial charge < -0.3 is 44.0 Å². The van der Waals surface area contributed by atoms with E-state index in [1.165, 1.54) is 41.3 Å². The Morgan fingerprint density at radius 1 is 1.04 bits per heavy atom. The van der Waals surface area contributed by atoms with E-state index in [1.54, 1.807) is 25.2 Å². The largest absolute Gasteiger partial charge is 0.507 e. The van der Waals surface area contributed by atoms with E-state index in [2.05, 4.69) is 0 Å². The smallest absolute Gasteiger partial charge is 0.333 e. The van der Waals surface area contributed by atoms with Gasteiger partial charge >= 0.3 is 17.7 Å². The number of nitrogens with two attached hydrogens (primary N) is 1. The molecule has 288 valence electrons. The third-order valence-electron chi connectivity index (χ3n) is 10.2. The summed E-state index contributed by atoms with van der Waals surface area (Å²) in [5, 5.41) is 10.8. The van der Waals surface area contributed by atoms with Gasteiger partial charge in [0, 0.05) is 61.8 Å². The van der Waals surface area contributed by atoms with Gasteiger partial charge in [-0.2, -0.15) is 0 Å². The van der Waals surface area contributed by atoms with Crippen molar-refractivity contribution >= 4 is 29.3 Å². The van der Waals surface area contributed by atoms with Gasteiger partial charge in [0.15, 0.2) is 5.78 Å². The molecule has 0 spiro atoms. The first-order valence-electron chi connectivity index (χ1n) is 17.3. The maximum Gasteiger partial charge on any atom is 0.333 e. The van der Waals surface area contributed by atoms with E-state index in [0.717, 1.165) is 6.08 Å². The number of aromatic hydroxyl groups is 1. The molecule has 1 aliphatic carbocycles. The number of carbonyl (C=O) groups excluding carboxylic acids is 5. The van der Waals surface area contributed by atoms with E-state index in [0.29, 0.717) is 5.57 Å². The second-order valence-electron chi connectivity index (χ2n) is 13.9. The van der Waals surface area contributed by atoms with Crippen molar-refractivity contribution in [1.29, 1.82) is 0 Å². The molecule has 1 saturated heterocycles. The fourth-order valence-electron chi connectivity index (χ4n) is 7.26. The minimum atomic E-state index is -1.97. The fourth-order valence-corrected chi connectivity index (χ4v) is 7.26. The number of ether oxygens (including phenoxy) is 7. The number of phenolic OH excluding ortho intramolecular Hbond substituents is 1. The average molecular weight is 740 g/mol. The molecule has 0 bridgehead atoms. The van der Waals surface area contributed by atoms with Crippen LogP contribution in [0, 0.1) is 30.6 Å². The molecule has 4 rings (SSSR count). The summed E-state index contributed by atoms with van der Waals surface area (Å²) in [4.78, 5) is 63.6. The van der Waals surface area contributed by atoms with Crippen LogP contribution in [0.15, 0.2) is 47.9 Å². The van der Waals surface area contributed by atoms with Crippen molar-refractivity contribution in [3.8, 4) is 11.5 Å². The second kappa shape index (κ2) is 16.5. The van der Waals surface area contributed by atoms with Crippen LogP contribution in [-0.2, 0) is 38.0 Å². The number of ketones is 3. The number of allylic oxidation sites excluding steroid dienone is 4. The number of esters is 2.